The number of thiophene rings is 1. The second-order valence-corrected chi connectivity index (χ2v) is 8.96. The summed E-state index contributed by atoms with van der Waals surface area (Å²) in [6.45, 7) is 8.11. The van der Waals surface area contributed by atoms with Gasteiger partial charge < -0.3 is 15.0 Å². The fourth-order valence-electron chi connectivity index (χ4n) is 2.60. The fraction of sp³-hybridized carbons (Fsp3) is 0.455. The third kappa shape index (κ3) is 8.35. The van der Waals surface area contributed by atoms with Crippen molar-refractivity contribution in [3.05, 3.63) is 51.7 Å². The second-order valence-electron chi connectivity index (χ2n) is 8.21. The highest BCUT2D eigenvalue weighted by Crippen LogP contribution is 2.24. The summed E-state index contributed by atoms with van der Waals surface area (Å²) in [4.78, 5) is 26.8. The normalized spacial score (nSPS) is 11.5. The zero-order valence-electron chi connectivity index (χ0n) is 17.9. The van der Waals surface area contributed by atoms with E-state index in [1.165, 1.54) is 11.3 Å². The number of ketones is 1. The van der Waals surface area contributed by atoms with Gasteiger partial charge in [-0.2, -0.15) is 0 Å². The maximum absolute atomic E-state index is 12.7. The molecule has 0 atom stereocenters. The Bertz CT molecular complexity index is 807. The van der Waals surface area contributed by atoms with E-state index in [-0.39, 0.29) is 12.2 Å². The maximum Gasteiger partial charge on any atom is 0.412 e. The van der Waals surface area contributed by atoms with Crippen molar-refractivity contribution in [1.29, 1.82) is 0 Å². The topological polar surface area (TPSA) is 70.7 Å². The zero-order chi connectivity index (χ0) is 21.4. The van der Waals surface area contributed by atoms with E-state index in [1.54, 1.807) is 0 Å². The van der Waals surface area contributed by atoms with Gasteiger partial charge in [-0.25, -0.2) is 4.79 Å². The summed E-state index contributed by atoms with van der Waals surface area (Å²) >= 11 is 1.44. The van der Waals surface area contributed by atoms with E-state index in [1.807, 2.05) is 69.9 Å². The van der Waals surface area contributed by atoms with Crippen LogP contribution in [0.1, 0.15) is 42.3 Å². The van der Waals surface area contributed by atoms with E-state index >= 15 is 0 Å². The Hall–Kier alpha value is -2.22. The third-order valence-electron chi connectivity index (χ3n) is 4.07. The van der Waals surface area contributed by atoms with Gasteiger partial charge in [0.2, 0.25) is 0 Å². The van der Waals surface area contributed by atoms with Crippen LogP contribution in [0, 0.1) is 0 Å². The summed E-state index contributed by atoms with van der Waals surface area (Å²) in [5, 5.41) is 9.81. The highest BCUT2D eigenvalue weighted by Gasteiger charge is 2.18. The first-order valence-corrected chi connectivity index (χ1v) is 10.6. The van der Waals surface area contributed by atoms with Gasteiger partial charge in [-0.3, -0.25) is 10.1 Å². The largest absolute Gasteiger partial charge is 0.444 e. The van der Waals surface area contributed by atoms with Crippen LogP contribution in [0.25, 0.3) is 0 Å². The smallest absolute Gasteiger partial charge is 0.412 e. The minimum atomic E-state index is -0.570. The molecule has 1 aromatic heterocycles. The van der Waals surface area contributed by atoms with Gasteiger partial charge in [-0.05, 0) is 51.4 Å². The van der Waals surface area contributed by atoms with Crippen LogP contribution in [0.4, 0.5) is 10.5 Å². The lowest BCUT2D eigenvalue weighted by Gasteiger charge is -2.19. The number of nitrogens with zero attached hydrogens (tertiary/aromatic N) is 1. The van der Waals surface area contributed by atoms with Crippen molar-refractivity contribution < 1.29 is 14.3 Å². The van der Waals surface area contributed by atoms with Gasteiger partial charge in [0.25, 0.3) is 0 Å². The molecule has 0 spiro atoms. The van der Waals surface area contributed by atoms with Gasteiger partial charge in [0.05, 0.1) is 5.69 Å². The van der Waals surface area contributed by atoms with Crippen LogP contribution in [0.15, 0.2) is 35.0 Å². The van der Waals surface area contributed by atoms with Gasteiger partial charge in [-0.1, -0.05) is 24.3 Å². The summed E-state index contributed by atoms with van der Waals surface area (Å²) in [5.74, 6) is 0.0164. The number of Topliss-reactive ketones (excluding diaryl/α,β-unsaturated/α-hetero) is 1. The standard InChI is InChI=1S/C22H31N3O3S/c1-22(2,3)28-21(27)24-19-15-29-14-18(19)12-20(26)17-8-6-16(7-9-17)13-23-10-11-25(4)5/h6-9,14-15,23H,10-13H2,1-5H3,(H,24,27). The summed E-state index contributed by atoms with van der Waals surface area (Å²) in [5.41, 5.74) is 2.65. The average Bonchev–Trinajstić information content (AvgIpc) is 3.04. The van der Waals surface area contributed by atoms with Crippen LogP contribution in [0.3, 0.4) is 0 Å². The molecule has 0 bridgehead atoms. The van der Waals surface area contributed by atoms with Crippen molar-refractivity contribution in [2.24, 2.45) is 0 Å². The number of carbonyl (C=O) groups excluding carboxylic acids is 2. The Balaban J connectivity index is 1.90. The number of rotatable bonds is 9. The second kappa shape index (κ2) is 10.5. The molecule has 2 aromatic rings. The number of hydrogen-bond acceptors (Lipinski definition) is 6. The van der Waals surface area contributed by atoms with Crippen molar-refractivity contribution in [3.63, 3.8) is 0 Å². The van der Waals surface area contributed by atoms with Crippen molar-refractivity contribution >= 4 is 28.9 Å². The van der Waals surface area contributed by atoms with E-state index in [4.69, 9.17) is 4.74 Å². The number of benzene rings is 1. The molecule has 29 heavy (non-hydrogen) atoms. The van der Waals surface area contributed by atoms with E-state index < -0.39 is 11.7 Å². The Morgan fingerprint density at radius 3 is 2.41 bits per heavy atom. The van der Waals surface area contributed by atoms with Crippen molar-refractivity contribution in [1.82, 2.24) is 10.2 Å². The third-order valence-corrected chi connectivity index (χ3v) is 4.86. The molecular weight excluding hydrogens is 386 g/mol. The molecule has 0 saturated carbocycles. The molecule has 2 N–H and O–H groups in total. The van der Waals surface area contributed by atoms with Crippen LogP contribution >= 0.6 is 11.3 Å². The predicted octanol–water partition coefficient (Wildman–Crippen LogP) is 4.17. The molecule has 0 saturated heterocycles. The minimum Gasteiger partial charge on any atom is -0.444 e. The molecule has 6 nitrogen and oxygen atoms in total. The number of anilines is 1. The first-order valence-electron chi connectivity index (χ1n) is 9.67. The Morgan fingerprint density at radius 1 is 1.10 bits per heavy atom. The molecule has 2 rings (SSSR count). The van der Waals surface area contributed by atoms with Crippen LogP contribution in [0.5, 0.6) is 0 Å². The Morgan fingerprint density at radius 2 is 1.79 bits per heavy atom. The van der Waals surface area contributed by atoms with E-state index in [0.29, 0.717) is 11.3 Å². The molecule has 1 amide bonds. The van der Waals surface area contributed by atoms with Crippen LogP contribution < -0.4 is 10.6 Å². The van der Waals surface area contributed by atoms with Crippen molar-refractivity contribution in [2.45, 2.75) is 39.3 Å². The zero-order valence-corrected chi connectivity index (χ0v) is 18.7. The molecule has 1 aromatic carbocycles. The quantitative estimate of drug-likeness (QED) is 0.473. The average molecular weight is 418 g/mol. The number of amides is 1. The summed E-state index contributed by atoms with van der Waals surface area (Å²) < 4.78 is 5.28. The molecule has 0 radical (unpaired) electrons. The summed E-state index contributed by atoms with van der Waals surface area (Å²) in [7, 11) is 4.09. The number of likely N-dealkylation sites (N-methyl/N-ethyl adjacent to an activating group) is 1. The van der Waals surface area contributed by atoms with Crippen molar-refractivity contribution in [3.8, 4) is 0 Å². The molecule has 0 fully saturated rings. The number of hydrogen-bond donors (Lipinski definition) is 2. The van der Waals surface area contributed by atoms with Crippen molar-refractivity contribution in [2.75, 3.05) is 32.5 Å². The predicted molar refractivity (Wildman–Crippen MR) is 119 cm³/mol. The molecule has 0 unspecified atom stereocenters. The van der Waals surface area contributed by atoms with Gasteiger partial charge >= 0.3 is 6.09 Å². The molecular formula is C22H31N3O3S. The SMILES string of the molecule is CN(C)CCNCc1ccc(C(=O)Cc2cscc2NC(=O)OC(C)(C)C)cc1. The molecule has 1 heterocycles. The van der Waals surface area contributed by atoms with Gasteiger partial charge in [0.15, 0.2) is 5.78 Å². The molecule has 0 aliphatic heterocycles. The first kappa shape index (κ1) is 23.1. The lowest BCUT2D eigenvalue weighted by atomic mass is 10.0. The van der Waals surface area contributed by atoms with Gasteiger partial charge in [-0.15, -0.1) is 11.3 Å². The molecule has 0 aliphatic rings. The van der Waals surface area contributed by atoms with Crippen LogP contribution in [0.2, 0.25) is 0 Å². The maximum atomic E-state index is 12.7. The lowest BCUT2D eigenvalue weighted by molar-refractivity contribution is 0.0635. The Kier molecular flexibility index (Phi) is 8.37. The number of ether oxygens (including phenoxy) is 1. The molecule has 0 aliphatic carbocycles. The van der Waals surface area contributed by atoms with Gasteiger partial charge in [0, 0.05) is 37.0 Å². The monoisotopic (exact) mass is 417 g/mol. The summed E-state index contributed by atoms with van der Waals surface area (Å²) in [6.07, 6.45) is -0.287. The first-order chi connectivity index (χ1) is 13.6. The minimum absolute atomic E-state index is 0.0164. The van der Waals surface area contributed by atoms with E-state index in [2.05, 4.69) is 15.5 Å². The van der Waals surface area contributed by atoms with Crippen LogP contribution in [-0.2, 0) is 17.7 Å². The highest BCUT2D eigenvalue weighted by atomic mass is 32.1. The lowest BCUT2D eigenvalue weighted by Crippen LogP contribution is -2.27. The van der Waals surface area contributed by atoms with E-state index in [0.717, 1.165) is 30.8 Å². The van der Waals surface area contributed by atoms with E-state index in [9.17, 15) is 9.59 Å². The summed E-state index contributed by atoms with van der Waals surface area (Å²) in [6, 6.07) is 7.67. The molecule has 7 heteroatoms. The fourth-order valence-corrected chi connectivity index (χ4v) is 3.39. The van der Waals surface area contributed by atoms with Crippen LogP contribution in [-0.4, -0.2) is 49.6 Å². The Labute approximate surface area is 177 Å². The highest BCUT2D eigenvalue weighted by molar-refractivity contribution is 7.08. The molecule has 158 valence electrons. The number of carbonyl (C=O) groups is 2. The number of nitrogens with one attached hydrogen (secondary N) is 2. The van der Waals surface area contributed by atoms with Gasteiger partial charge in [0.1, 0.15) is 5.60 Å².